The predicted octanol–water partition coefficient (Wildman–Crippen LogP) is 3.47. The van der Waals surface area contributed by atoms with Crippen LogP contribution in [0.4, 0.5) is 10.1 Å². The second kappa shape index (κ2) is 8.06. The lowest BCUT2D eigenvalue weighted by molar-refractivity contribution is 0.0739. The molecule has 0 unspecified atom stereocenters. The van der Waals surface area contributed by atoms with Crippen molar-refractivity contribution >= 4 is 11.6 Å². The number of carbonyl (C=O) groups is 1. The van der Waals surface area contributed by atoms with Gasteiger partial charge in [-0.05, 0) is 55.7 Å². The van der Waals surface area contributed by atoms with E-state index in [-0.39, 0.29) is 11.7 Å². The zero-order valence-corrected chi connectivity index (χ0v) is 17.6. The quantitative estimate of drug-likeness (QED) is 0.649. The van der Waals surface area contributed by atoms with Gasteiger partial charge in [-0.2, -0.15) is 5.10 Å². The average molecular weight is 420 g/mol. The fraction of sp³-hybridized carbons (Fsp3) is 0.333. The van der Waals surface area contributed by atoms with Crippen LogP contribution in [0.1, 0.15) is 28.2 Å². The third kappa shape index (κ3) is 3.65. The van der Waals surface area contributed by atoms with E-state index in [1.807, 2.05) is 27.8 Å². The average Bonchev–Trinajstić information content (AvgIpc) is 3.42. The molecule has 0 N–H and O–H groups in total. The lowest BCUT2D eigenvalue weighted by atomic mass is 10.1. The summed E-state index contributed by atoms with van der Waals surface area (Å²) in [4.78, 5) is 17.5. The van der Waals surface area contributed by atoms with Crippen LogP contribution in [-0.4, -0.2) is 53.9 Å². The minimum Gasteiger partial charge on any atom is -0.497 e. The standard InChI is InChI=1S/C24H25FN4O2/c1-31-20-5-2-4-19(16-20)27-12-14-28(15-13-27)24(30)23-21-6-3-7-22(21)29(26-23)18-10-8-17(25)9-11-18/h2,4-5,8-11,16H,3,6-7,12-15H2,1H3. The zero-order chi connectivity index (χ0) is 21.4. The van der Waals surface area contributed by atoms with E-state index in [0.29, 0.717) is 18.8 Å². The maximum Gasteiger partial charge on any atom is 0.274 e. The molecular weight excluding hydrogens is 395 g/mol. The van der Waals surface area contributed by atoms with E-state index in [2.05, 4.69) is 16.1 Å². The number of benzene rings is 2. The smallest absolute Gasteiger partial charge is 0.274 e. The molecule has 0 spiro atoms. The van der Waals surface area contributed by atoms with Crippen LogP contribution in [0.2, 0.25) is 0 Å². The number of nitrogens with zero attached hydrogens (tertiary/aromatic N) is 4. The van der Waals surface area contributed by atoms with Crippen LogP contribution >= 0.6 is 0 Å². The van der Waals surface area contributed by atoms with E-state index >= 15 is 0 Å². The number of piperazine rings is 1. The molecule has 2 aliphatic rings. The number of ether oxygens (including phenoxy) is 1. The van der Waals surface area contributed by atoms with Gasteiger partial charge >= 0.3 is 0 Å². The van der Waals surface area contributed by atoms with Crippen molar-refractivity contribution in [3.8, 4) is 11.4 Å². The molecule has 160 valence electrons. The van der Waals surface area contributed by atoms with E-state index in [1.165, 1.54) is 12.1 Å². The van der Waals surface area contributed by atoms with Crippen molar-refractivity contribution in [1.29, 1.82) is 0 Å². The first kappa shape index (κ1) is 19.6. The van der Waals surface area contributed by atoms with Gasteiger partial charge in [-0.15, -0.1) is 0 Å². The van der Waals surface area contributed by atoms with Crippen molar-refractivity contribution in [3.63, 3.8) is 0 Å². The summed E-state index contributed by atoms with van der Waals surface area (Å²) in [7, 11) is 1.67. The van der Waals surface area contributed by atoms with Gasteiger partial charge in [0.05, 0.1) is 12.8 Å². The first-order valence-electron chi connectivity index (χ1n) is 10.7. The largest absolute Gasteiger partial charge is 0.497 e. The highest BCUT2D eigenvalue weighted by atomic mass is 19.1. The zero-order valence-electron chi connectivity index (χ0n) is 17.6. The van der Waals surface area contributed by atoms with Crippen molar-refractivity contribution in [3.05, 3.63) is 71.3 Å². The molecule has 2 heterocycles. The van der Waals surface area contributed by atoms with Crippen LogP contribution in [0.5, 0.6) is 5.75 Å². The third-order valence-corrected chi connectivity index (χ3v) is 6.19. The van der Waals surface area contributed by atoms with Gasteiger partial charge < -0.3 is 14.5 Å². The van der Waals surface area contributed by atoms with Crippen molar-refractivity contribution in [2.24, 2.45) is 0 Å². The number of rotatable bonds is 4. The fourth-order valence-electron chi connectivity index (χ4n) is 4.53. The highest BCUT2D eigenvalue weighted by molar-refractivity contribution is 5.94. The van der Waals surface area contributed by atoms with Gasteiger partial charge in [0.25, 0.3) is 5.91 Å². The minimum atomic E-state index is -0.280. The molecule has 2 aromatic carbocycles. The molecule has 6 nitrogen and oxygen atoms in total. The first-order chi connectivity index (χ1) is 15.1. The third-order valence-electron chi connectivity index (χ3n) is 6.19. The van der Waals surface area contributed by atoms with Crippen LogP contribution < -0.4 is 9.64 Å². The summed E-state index contributed by atoms with van der Waals surface area (Å²) in [5.74, 6) is 0.542. The number of hydrogen-bond acceptors (Lipinski definition) is 4. The van der Waals surface area contributed by atoms with E-state index in [0.717, 1.165) is 60.7 Å². The van der Waals surface area contributed by atoms with Crippen molar-refractivity contribution in [1.82, 2.24) is 14.7 Å². The molecule has 31 heavy (non-hydrogen) atoms. The van der Waals surface area contributed by atoms with Crippen LogP contribution in [0.15, 0.2) is 48.5 Å². The summed E-state index contributed by atoms with van der Waals surface area (Å²) in [6.07, 6.45) is 2.76. The van der Waals surface area contributed by atoms with E-state index in [1.54, 1.807) is 19.2 Å². The van der Waals surface area contributed by atoms with Crippen LogP contribution in [0.3, 0.4) is 0 Å². The Morgan fingerprint density at radius 3 is 2.52 bits per heavy atom. The summed E-state index contributed by atoms with van der Waals surface area (Å²) in [5, 5.41) is 4.68. The molecule has 0 radical (unpaired) electrons. The normalized spacial score (nSPS) is 15.8. The monoisotopic (exact) mass is 420 g/mol. The Balaban J connectivity index is 1.34. The van der Waals surface area contributed by atoms with Gasteiger partial charge in [0.2, 0.25) is 0 Å². The van der Waals surface area contributed by atoms with E-state index < -0.39 is 0 Å². The molecule has 1 aliphatic heterocycles. The van der Waals surface area contributed by atoms with Gasteiger partial charge in [-0.25, -0.2) is 9.07 Å². The Morgan fingerprint density at radius 2 is 1.77 bits per heavy atom. The number of halogens is 1. The number of methoxy groups -OCH3 is 1. The molecule has 0 atom stereocenters. The summed E-state index contributed by atoms with van der Waals surface area (Å²) < 4.78 is 20.5. The van der Waals surface area contributed by atoms with E-state index in [4.69, 9.17) is 4.74 Å². The fourth-order valence-corrected chi connectivity index (χ4v) is 4.53. The molecule has 3 aromatic rings. The molecule has 0 saturated carbocycles. The molecule has 1 amide bonds. The molecule has 1 aromatic heterocycles. The lowest BCUT2D eigenvalue weighted by Gasteiger charge is -2.36. The molecule has 1 aliphatic carbocycles. The van der Waals surface area contributed by atoms with Crippen molar-refractivity contribution in [2.75, 3.05) is 38.2 Å². The summed E-state index contributed by atoms with van der Waals surface area (Å²) in [6, 6.07) is 14.3. The Morgan fingerprint density at radius 1 is 1.00 bits per heavy atom. The summed E-state index contributed by atoms with van der Waals surface area (Å²) >= 11 is 0. The maximum absolute atomic E-state index is 13.4. The van der Waals surface area contributed by atoms with Gasteiger partial charge in [0.1, 0.15) is 11.6 Å². The minimum absolute atomic E-state index is 0.00990. The molecular formula is C24H25FN4O2. The van der Waals surface area contributed by atoms with Crippen molar-refractivity contribution < 1.29 is 13.9 Å². The van der Waals surface area contributed by atoms with Crippen LogP contribution in [0.25, 0.3) is 5.69 Å². The number of anilines is 1. The Kier molecular flexibility index (Phi) is 5.10. The Bertz CT molecular complexity index is 1100. The number of hydrogen-bond donors (Lipinski definition) is 0. The second-order valence-electron chi connectivity index (χ2n) is 8.00. The van der Waals surface area contributed by atoms with Gasteiger partial charge in [-0.1, -0.05) is 6.07 Å². The predicted molar refractivity (Wildman–Crippen MR) is 117 cm³/mol. The van der Waals surface area contributed by atoms with Crippen molar-refractivity contribution in [2.45, 2.75) is 19.3 Å². The Hall–Kier alpha value is -3.35. The summed E-state index contributed by atoms with van der Waals surface area (Å²) in [5.41, 5.74) is 4.57. The number of aromatic nitrogens is 2. The first-order valence-corrected chi connectivity index (χ1v) is 10.7. The SMILES string of the molecule is COc1cccc(N2CCN(C(=O)c3nn(-c4ccc(F)cc4)c4c3CCC4)CC2)c1. The molecule has 7 heteroatoms. The number of amides is 1. The highest BCUT2D eigenvalue weighted by Gasteiger charge is 2.31. The van der Waals surface area contributed by atoms with Gasteiger partial charge in [0.15, 0.2) is 5.69 Å². The van der Waals surface area contributed by atoms with Crippen LogP contribution in [0, 0.1) is 5.82 Å². The maximum atomic E-state index is 13.4. The van der Waals surface area contributed by atoms with Gasteiger partial charge in [0, 0.05) is 49.2 Å². The second-order valence-corrected chi connectivity index (χ2v) is 8.00. The highest BCUT2D eigenvalue weighted by Crippen LogP contribution is 2.29. The molecule has 1 fully saturated rings. The molecule has 0 bridgehead atoms. The number of fused-ring (bicyclic) bond motifs is 1. The lowest BCUT2D eigenvalue weighted by Crippen LogP contribution is -2.49. The van der Waals surface area contributed by atoms with E-state index in [9.17, 15) is 9.18 Å². The molecule has 5 rings (SSSR count). The number of carbonyl (C=O) groups excluding carboxylic acids is 1. The summed E-state index contributed by atoms with van der Waals surface area (Å²) in [6.45, 7) is 2.82. The van der Waals surface area contributed by atoms with Gasteiger partial charge in [-0.3, -0.25) is 4.79 Å². The van der Waals surface area contributed by atoms with Crippen LogP contribution in [-0.2, 0) is 12.8 Å². The Labute approximate surface area is 180 Å². The topological polar surface area (TPSA) is 50.6 Å². The molecule has 1 saturated heterocycles.